The summed E-state index contributed by atoms with van der Waals surface area (Å²) in [6.45, 7) is 0. The average Bonchev–Trinajstić information content (AvgIpc) is 2.56. The number of carboxylic acids is 1. The number of aromatic nitrogens is 2. The van der Waals surface area contributed by atoms with Gasteiger partial charge in [0.15, 0.2) is 0 Å². The Morgan fingerprint density at radius 1 is 1.57 bits per heavy atom. The number of hydrogen-bond donors (Lipinski definition) is 2. The summed E-state index contributed by atoms with van der Waals surface area (Å²) in [5, 5.41) is 14.9. The first-order chi connectivity index (χ1) is 6.68. The van der Waals surface area contributed by atoms with E-state index in [1.54, 1.807) is 0 Å². The van der Waals surface area contributed by atoms with Crippen molar-refractivity contribution in [3.63, 3.8) is 0 Å². The number of aliphatic carboxylic acids is 1. The van der Waals surface area contributed by atoms with Crippen LogP contribution in [0.3, 0.4) is 0 Å². The van der Waals surface area contributed by atoms with E-state index in [9.17, 15) is 9.59 Å². The van der Waals surface area contributed by atoms with Crippen LogP contribution in [0.2, 0.25) is 0 Å². The van der Waals surface area contributed by atoms with Gasteiger partial charge in [-0.05, 0) is 0 Å². The summed E-state index contributed by atoms with van der Waals surface area (Å²) in [7, 11) is 0. The highest BCUT2D eigenvalue weighted by Crippen LogP contribution is 2.09. The second kappa shape index (κ2) is 5.55. The first-order valence-corrected chi connectivity index (χ1v) is 5.48. The Kier molecular flexibility index (Phi) is 4.33. The number of nitrogens with one attached hydrogen (secondary N) is 1. The fraction of sp³-hybridized carbons (Fsp3) is 0.333. The van der Waals surface area contributed by atoms with Crippen molar-refractivity contribution >= 4 is 40.2 Å². The van der Waals surface area contributed by atoms with Crippen LogP contribution in [0.4, 0.5) is 5.00 Å². The number of anilines is 1. The molecule has 14 heavy (non-hydrogen) atoms. The van der Waals surface area contributed by atoms with Gasteiger partial charge < -0.3 is 10.4 Å². The molecule has 1 aromatic rings. The van der Waals surface area contributed by atoms with E-state index in [0.717, 1.165) is 23.3 Å². The molecule has 0 spiro atoms. The van der Waals surface area contributed by atoms with Gasteiger partial charge in [0, 0.05) is 11.5 Å². The van der Waals surface area contributed by atoms with E-state index in [2.05, 4.69) is 14.9 Å². The number of thioether (sulfide) groups is 1. The zero-order valence-corrected chi connectivity index (χ0v) is 8.60. The maximum absolute atomic E-state index is 11.1. The van der Waals surface area contributed by atoms with Crippen LogP contribution in [0.5, 0.6) is 0 Å². The van der Waals surface area contributed by atoms with Crippen molar-refractivity contribution in [1.82, 2.24) is 9.59 Å². The number of nitrogens with zero attached hydrogens (tertiary/aromatic N) is 2. The molecule has 0 aliphatic carbocycles. The molecular weight excluding hydrogens is 226 g/mol. The molecule has 1 heterocycles. The summed E-state index contributed by atoms with van der Waals surface area (Å²) in [6.07, 6.45) is 1.43. The fourth-order valence-corrected chi connectivity index (χ4v) is 1.60. The molecule has 8 heteroatoms. The molecule has 0 unspecified atom stereocenters. The number of carboxylic acid groups (broad SMARTS) is 1. The number of rotatable bonds is 5. The first kappa shape index (κ1) is 10.9. The van der Waals surface area contributed by atoms with E-state index >= 15 is 0 Å². The molecule has 0 saturated carbocycles. The van der Waals surface area contributed by atoms with Gasteiger partial charge >= 0.3 is 5.97 Å². The Bertz CT molecular complexity index is 314. The first-order valence-electron chi connectivity index (χ1n) is 3.55. The molecule has 1 aromatic heterocycles. The van der Waals surface area contributed by atoms with E-state index < -0.39 is 5.97 Å². The molecule has 76 valence electrons. The highest BCUT2D eigenvalue weighted by atomic mass is 32.2. The predicted molar refractivity (Wildman–Crippen MR) is 53.5 cm³/mol. The maximum atomic E-state index is 11.1. The van der Waals surface area contributed by atoms with Crippen molar-refractivity contribution in [2.75, 3.05) is 16.8 Å². The van der Waals surface area contributed by atoms with Crippen LogP contribution in [0.15, 0.2) is 6.20 Å². The Balaban J connectivity index is 2.20. The Morgan fingerprint density at radius 2 is 2.36 bits per heavy atom. The van der Waals surface area contributed by atoms with Gasteiger partial charge in [-0.25, -0.2) is 0 Å². The predicted octanol–water partition coefficient (Wildman–Crippen LogP) is 0.294. The van der Waals surface area contributed by atoms with Crippen LogP contribution in [0.25, 0.3) is 0 Å². The minimum atomic E-state index is -0.928. The van der Waals surface area contributed by atoms with Gasteiger partial charge in [-0.15, -0.1) is 16.9 Å². The third-order valence-corrected chi connectivity index (χ3v) is 2.58. The lowest BCUT2D eigenvalue weighted by atomic mass is 10.7. The number of amides is 1. The van der Waals surface area contributed by atoms with Gasteiger partial charge in [0.1, 0.15) is 5.00 Å². The van der Waals surface area contributed by atoms with E-state index in [-0.39, 0.29) is 17.4 Å². The third-order valence-electron chi connectivity index (χ3n) is 1.08. The van der Waals surface area contributed by atoms with Crippen LogP contribution in [0.1, 0.15) is 0 Å². The molecule has 0 aromatic carbocycles. The average molecular weight is 233 g/mol. The Hall–Kier alpha value is -1.15. The largest absolute Gasteiger partial charge is 0.481 e. The van der Waals surface area contributed by atoms with Crippen molar-refractivity contribution in [3.05, 3.63) is 6.20 Å². The van der Waals surface area contributed by atoms with Crippen molar-refractivity contribution in [2.45, 2.75) is 0 Å². The van der Waals surface area contributed by atoms with E-state index in [4.69, 9.17) is 5.11 Å². The number of carbonyl (C=O) groups is 2. The summed E-state index contributed by atoms with van der Waals surface area (Å²) in [5.41, 5.74) is 0. The van der Waals surface area contributed by atoms with E-state index in [0.29, 0.717) is 5.00 Å². The molecule has 0 aliphatic rings. The molecule has 0 radical (unpaired) electrons. The highest BCUT2D eigenvalue weighted by Gasteiger charge is 2.05. The lowest BCUT2D eigenvalue weighted by Crippen LogP contribution is -2.14. The van der Waals surface area contributed by atoms with Gasteiger partial charge in [0.2, 0.25) is 5.91 Å². The summed E-state index contributed by atoms with van der Waals surface area (Å²) in [4.78, 5) is 21.2. The normalized spacial score (nSPS) is 9.71. The summed E-state index contributed by atoms with van der Waals surface area (Å²) in [5.74, 6) is -1.14. The van der Waals surface area contributed by atoms with Crippen LogP contribution in [-0.2, 0) is 9.59 Å². The molecular formula is C6H7N3O3S2. The fourth-order valence-electron chi connectivity index (χ4n) is 0.627. The van der Waals surface area contributed by atoms with Crippen molar-refractivity contribution in [3.8, 4) is 0 Å². The van der Waals surface area contributed by atoms with Crippen LogP contribution in [-0.4, -0.2) is 38.1 Å². The molecule has 0 atom stereocenters. The molecule has 1 rings (SSSR count). The second-order valence-corrected chi connectivity index (χ2v) is 3.99. The van der Waals surface area contributed by atoms with Crippen molar-refractivity contribution in [1.29, 1.82) is 0 Å². The lowest BCUT2D eigenvalue weighted by Gasteiger charge is -1.99. The summed E-state index contributed by atoms with van der Waals surface area (Å²) >= 11 is 2.12. The summed E-state index contributed by atoms with van der Waals surface area (Å²) < 4.78 is 3.56. The molecule has 0 bridgehead atoms. The second-order valence-electron chi connectivity index (χ2n) is 2.22. The van der Waals surface area contributed by atoms with Crippen LogP contribution < -0.4 is 5.32 Å². The van der Waals surface area contributed by atoms with E-state index in [1.807, 2.05) is 0 Å². The Morgan fingerprint density at radius 3 is 2.93 bits per heavy atom. The third kappa shape index (κ3) is 4.19. The van der Waals surface area contributed by atoms with Gasteiger partial charge in [-0.1, -0.05) is 4.49 Å². The monoisotopic (exact) mass is 233 g/mol. The smallest absolute Gasteiger partial charge is 0.313 e. The highest BCUT2D eigenvalue weighted by molar-refractivity contribution is 8.00. The number of hydrogen-bond acceptors (Lipinski definition) is 6. The maximum Gasteiger partial charge on any atom is 0.313 e. The van der Waals surface area contributed by atoms with Crippen LogP contribution in [0, 0.1) is 0 Å². The summed E-state index contributed by atoms with van der Waals surface area (Å²) in [6, 6.07) is 0. The van der Waals surface area contributed by atoms with Crippen molar-refractivity contribution in [2.24, 2.45) is 0 Å². The molecule has 1 amide bonds. The van der Waals surface area contributed by atoms with Gasteiger partial charge in [0.05, 0.1) is 17.7 Å². The molecule has 0 saturated heterocycles. The lowest BCUT2D eigenvalue weighted by molar-refractivity contribution is -0.133. The minimum absolute atomic E-state index is 0.0750. The van der Waals surface area contributed by atoms with Gasteiger partial charge in [-0.2, -0.15) is 0 Å². The van der Waals surface area contributed by atoms with Crippen molar-refractivity contribution < 1.29 is 14.7 Å². The number of carbonyl (C=O) groups excluding carboxylic acids is 1. The zero-order valence-electron chi connectivity index (χ0n) is 6.97. The Labute approximate surface area is 87.9 Å². The van der Waals surface area contributed by atoms with Crippen LogP contribution >= 0.6 is 23.3 Å². The minimum Gasteiger partial charge on any atom is -0.481 e. The molecule has 2 N–H and O–H groups in total. The topological polar surface area (TPSA) is 92.2 Å². The molecule has 0 aliphatic heterocycles. The SMILES string of the molecule is O=C(O)CSCC(=O)Nc1cnns1. The van der Waals surface area contributed by atoms with E-state index in [1.165, 1.54) is 6.20 Å². The van der Waals surface area contributed by atoms with Gasteiger partial charge in [0.25, 0.3) is 0 Å². The van der Waals surface area contributed by atoms with Gasteiger partial charge in [-0.3, -0.25) is 9.59 Å². The molecule has 0 fully saturated rings. The molecule has 6 nitrogen and oxygen atoms in total. The standard InChI is InChI=1S/C6H7N3O3S2/c10-4(2-13-3-6(11)12)8-5-1-7-9-14-5/h1H,2-3H2,(H,8,10)(H,11,12). The quantitative estimate of drug-likeness (QED) is 0.759. The zero-order chi connectivity index (χ0) is 10.4.